The summed E-state index contributed by atoms with van der Waals surface area (Å²) in [7, 11) is 0. The molecule has 1 atom stereocenters. The van der Waals surface area contributed by atoms with E-state index < -0.39 is 0 Å². The molecule has 0 bridgehead atoms. The highest BCUT2D eigenvalue weighted by Crippen LogP contribution is 2.30. The third-order valence-corrected chi connectivity index (χ3v) is 4.39. The van der Waals surface area contributed by atoms with Crippen molar-refractivity contribution in [1.29, 1.82) is 0 Å². The first-order valence-electron chi connectivity index (χ1n) is 7.46. The normalized spacial score (nSPS) is 20.8. The molecule has 0 spiro atoms. The summed E-state index contributed by atoms with van der Waals surface area (Å²) in [5.74, 6) is 0.973. The summed E-state index contributed by atoms with van der Waals surface area (Å²) in [4.78, 5) is 14.2. The van der Waals surface area contributed by atoms with Crippen LogP contribution in [-0.2, 0) is 4.79 Å². The molecular weight excluding hydrogens is 224 g/mol. The molecular formula is C15H30N2O. The van der Waals surface area contributed by atoms with Gasteiger partial charge in [0.05, 0.1) is 0 Å². The maximum absolute atomic E-state index is 12.1. The summed E-state index contributed by atoms with van der Waals surface area (Å²) >= 11 is 0. The topological polar surface area (TPSA) is 46.3 Å². The van der Waals surface area contributed by atoms with E-state index in [9.17, 15) is 4.79 Å². The highest BCUT2D eigenvalue weighted by atomic mass is 16.2. The van der Waals surface area contributed by atoms with Gasteiger partial charge in [-0.05, 0) is 43.6 Å². The molecule has 0 aromatic carbocycles. The zero-order chi connectivity index (χ0) is 13.6. The van der Waals surface area contributed by atoms with Crippen LogP contribution in [0.15, 0.2) is 0 Å². The second kappa shape index (κ2) is 7.13. The van der Waals surface area contributed by atoms with Crippen molar-refractivity contribution in [3.8, 4) is 0 Å². The minimum atomic E-state index is 0.348. The minimum Gasteiger partial charge on any atom is -0.343 e. The summed E-state index contributed by atoms with van der Waals surface area (Å²) < 4.78 is 0. The van der Waals surface area contributed by atoms with Crippen LogP contribution < -0.4 is 5.73 Å². The lowest BCUT2D eigenvalue weighted by Gasteiger charge is -2.37. The fourth-order valence-corrected chi connectivity index (χ4v) is 2.64. The van der Waals surface area contributed by atoms with E-state index >= 15 is 0 Å². The van der Waals surface area contributed by atoms with E-state index in [0.29, 0.717) is 23.7 Å². The van der Waals surface area contributed by atoms with E-state index in [4.69, 9.17) is 5.73 Å². The third kappa shape index (κ3) is 4.97. The predicted octanol–water partition coefficient (Wildman–Crippen LogP) is 2.79. The Morgan fingerprint density at radius 2 is 1.89 bits per heavy atom. The van der Waals surface area contributed by atoms with Crippen LogP contribution in [0.1, 0.15) is 59.3 Å². The molecule has 0 radical (unpaired) electrons. The highest BCUT2D eigenvalue weighted by molar-refractivity contribution is 5.76. The molecule has 0 aliphatic carbocycles. The molecule has 1 heterocycles. The molecule has 2 N–H and O–H groups in total. The monoisotopic (exact) mass is 254 g/mol. The number of nitrogens with two attached hydrogens (primary N) is 1. The number of carbonyl (C=O) groups is 1. The maximum Gasteiger partial charge on any atom is 0.222 e. The quantitative estimate of drug-likeness (QED) is 0.792. The van der Waals surface area contributed by atoms with Gasteiger partial charge in [-0.1, -0.05) is 27.2 Å². The van der Waals surface area contributed by atoms with Gasteiger partial charge in [0.25, 0.3) is 0 Å². The highest BCUT2D eigenvalue weighted by Gasteiger charge is 2.27. The van der Waals surface area contributed by atoms with Crippen LogP contribution >= 0.6 is 0 Å². The SMILES string of the molecule is CCC(CCN)CCC(=O)N1CCC(C)(C)CC1. The Morgan fingerprint density at radius 1 is 1.28 bits per heavy atom. The van der Waals surface area contributed by atoms with Crippen molar-refractivity contribution < 1.29 is 4.79 Å². The molecule has 1 aliphatic heterocycles. The molecule has 1 unspecified atom stereocenters. The molecule has 1 saturated heterocycles. The lowest BCUT2D eigenvalue weighted by molar-refractivity contribution is -0.133. The van der Waals surface area contributed by atoms with Gasteiger partial charge in [0.1, 0.15) is 0 Å². The van der Waals surface area contributed by atoms with Crippen LogP contribution in [-0.4, -0.2) is 30.4 Å². The number of amides is 1. The van der Waals surface area contributed by atoms with Crippen molar-refractivity contribution in [1.82, 2.24) is 4.90 Å². The van der Waals surface area contributed by atoms with Crippen LogP contribution in [0.5, 0.6) is 0 Å². The third-order valence-electron chi connectivity index (χ3n) is 4.39. The Labute approximate surface area is 112 Å². The minimum absolute atomic E-state index is 0.348. The van der Waals surface area contributed by atoms with Crippen molar-refractivity contribution >= 4 is 5.91 Å². The van der Waals surface area contributed by atoms with Gasteiger partial charge in [-0.15, -0.1) is 0 Å². The zero-order valence-electron chi connectivity index (χ0n) is 12.4. The molecule has 1 aliphatic rings. The molecule has 106 valence electrons. The van der Waals surface area contributed by atoms with Gasteiger partial charge in [-0.25, -0.2) is 0 Å². The first-order chi connectivity index (χ1) is 8.48. The van der Waals surface area contributed by atoms with Crippen LogP contribution in [0.25, 0.3) is 0 Å². The van der Waals surface area contributed by atoms with Gasteiger partial charge in [-0.2, -0.15) is 0 Å². The molecule has 1 rings (SSSR count). The molecule has 1 amide bonds. The number of piperidine rings is 1. The van der Waals surface area contributed by atoms with E-state index in [-0.39, 0.29) is 0 Å². The Kier molecular flexibility index (Phi) is 6.13. The molecule has 0 aromatic heterocycles. The lowest BCUT2D eigenvalue weighted by atomic mass is 9.82. The number of likely N-dealkylation sites (tertiary alicyclic amines) is 1. The van der Waals surface area contributed by atoms with E-state index in [2.05, 4.69) is 25.7 Å². The van der Waals surface area contributed by atoms with Crippen molar-refractivity contribution in [2.24, 2.45) is 17.1 Å². The maximum atomic E-state index is 12.1. The molecule has 18 heavy (non-hydrogen) atoms. The van der Waals surface area contributed by atoms with Gasteiger partial charge < -0.3 is 10.6 Å². The van der Waals surface area contributed by atoms with E-state index in [1.807, 2.05) is 0 Å². The van der Waals surface area contributed by atoms with E-state index in [1.54, 1.807) is 0 Å². The summed E-state index contributed by atoms with van der Waals surface area (Å²) in [6.07, 6.45) is 6.18. The Bertz CT molecular complexity index is 253. The van der Waals surface area contributed by atoms with Gasteiger partial charge in [-0.3, -0.25) is 4.79 Å². The van der Waals surface area contributed by atoms with E-state index in [1.165, 1.54) is 0 Å². The second-order valence-electron chi connectivity index (χ2n) is 6.44. The Balaban J connectivity index is 2.29. The van der Waals surface area contributed by atoms with E-state index in [0.717, 1.165) is 51.7 Å². The lowest BCUT2D eigenvalue weighted by Crippen LogP contribution is -2.41. The molecule has 1 fully saturated rings. The number of carbonyl (C=O) groups excluding carboxylic acids is 1. The molecule has 3 nitrogen and oxygen atoms in total. The number of hydrogen-bond acceptors (Lipinski definition) is 2. The smallest absolute Gasteiger partial charge is 0.222 e. The Morgan fingerprint density at radius 3 is 2.39 bits per heavy atom. The Hall–Kier alpha value is -0.570. The van der Waals surface area contributed by atoms with Crippen LogP contribution in [0.2, 0.25) is 0 Å². The average molecular weight is 254 g/mol. The number of nitrogens with zero attached hydrogens (tertiary/aromatic N) is 1. The summed E-state index contributed by atoms with van der Waals surface area (Å²) in [5, 5.41) is 0. The fraction of sp³-hybridized carbons (Fsp3) is 0.933. The van der Waals surface area contributed by atoms with Gasteiger partial charge in [0.2, 0.25) is 5.91 Å². The number of hydrogen-bond donors (Lipinski definition) is 1. The summed E-state index contributed by atoms with van der Waals surface area (Å²) in [6, 6.07) is 0. The van der Waals surface area contributed by atoms with Gasteiger partial charge in [0, 0.05) is 19.5 Å². The zero-order valence-corrected chi connectivity index (χ0v) is 12.4. The van der Waals surface area contributed by atoms with Gasteiger partial charge >= 0.3 is 0 Å². The summed E-state index contributed by atoms with van der Waals surface area (Å²) in [5.41, 5.74) is 6.01. The van der Waals surface area contributed by atoms with Crippen molar-refractivity contribution in [2.75, 3.05) is 19.6 Å². The van der Waals surface area contributed by atoms with Crippen LogP contribution in [0.3, 0.4) is 0 Å². The predicted molar refractivity (Wildman–Crippen MR) is 76.3 cm³/mol. The first-order valence-corrected chi connectivity index (χ1v) is 7.46. The average Bonchev–Trinajstić information content (AvgIpc) is 2.34. The number of rotatable bonds is 6. The second-order valence-corrected chi connectivity index (χ2v) is 6.44. The van der Waals surface area contributed by atoms with Crippen LogP contribution in [0, 0.1) is 11.3 Å². The van der Waals surface area contributed by atoms with Crippen LogP contribution in [0.4, 0.5) is 0 Å². The largest absolute Gasteiger partial charge is 0.343 e. The van der Waals surface area contributed by atoms with Gasteiger partial charge in [0.15, 0.2) is 0 Å². The van der Waals surface area contributed by atoms with Crippen molar-refractivity contribution in [3.05, 3.63) is 0 Å². The summed E-state index contributed by atoms with van der Waals surface area (Å²) in [6.45, 7) is 9.41. The van der Waals surface area contributed by atoms with Crippen molar-refractivity contribution in [3.63, 3.8) is 0 Å². The molecule has 3 heteroatoms. The first kappa shape index (κ1) is 15.5. The fourth-order valence-electron chi connectivity index (χ4n) is 2.64. The molecule has 0 aromatic rings. The standard InChI is InChI=1S/C15H30N2O/c1-4-13(7-10-16)5-6-14(18)17-11-8-15(2,3)9-12-17/h13H,4-12,16H2,1-3H3. The van der Waals surface area contributed by atoms with Crippen molar-refractivity contribution in [2.45, 2.75) is 59.3 Å². The molecule has 0 saturated carbocycles.